The number of fused-ring (bicyclic) bond motifs is 1. The molecule has 0 aliphatic heterocycles. The van der Waals surface area contributed by atoms with E-state index in [0.717, 1.165) is 7.11 Å². The van der Waals surface area contributed by atoms with Crippen LogP contribution in [0.25, 0.3) is 15.5 Å². The van der Waals surface area contributed by atoms with Crippen LogP contribution in [0.1, 0.15) is 28.7 Å². The molecule has 0 saturated carbocycles. The fourth-order valence-corrected chi connectivity index (χ4v) is 3.91. The predicted octanol–water partition coefficient (Wildman–Crippen LogP) is 4.54. The Balaban J connectivity index is 1.71. The Kier molecular flexibility index (Phi) is 5.55. The van der Waals surface area contributed by atoms with E-state index in [1.54, 1.807) is 23.6 Å². The maximum atomic E-state index is 14.3. The summed E-state index contributed by atoms with van der Waals surface area (Å²) < 4.78 is 62.5. The summed E-state index contributed by atoms with van der Waals surface area (Å²) in [4.78, 5) is 13.1. The van der Waals surface area contributed by atoms with Crippen LogP contribution in [0.15, 0.2) is 18.2 Å². The molecule has 4 rings (SSSR count). The smallest absolute Gasteiger partial charge is 0.261 e. The van der Waals surface area contributed by atoms with E-state index in [9.17, 15) is 22.4 Å². The maximum Gasteiger partial charge on any atom is 0.261 e. The van der Waals surface area contributed by atoms with Gasteiger partial charge in [0.15, 0.2) is 23.2 Å². The molecule has 0 fully saturated rings. The predicted molar refractivity (Wildman–Crippen MR) is 109 cm³/mol. The van der Waals surface area contributed by atoms with Crippen LogP contribution in [-0.4, -0.2) is 32.8 Å². The molecule has 0 bridgehead atoms. The number of hydrogen-bond donors (Lipinski definition) is 1. The first kappa shape index (κ1) is 21.7. The third-order valence-electron chi connectivity index (χ3n) is 4.76. The Bertz CT molecular complexity index is 1340. The van der Waals surface area contributed by atoms with Crippen LogP contribution in [0.3, 0.4) is 0 Å². The van der Waals surface area contributed by atoms with Crippen molar-refractivity contribution in [3.8, 4) is 16.3 Å². The molecule has 0 radical (unpaired) electrons. The Morgan fingerprint density at radius 2 is 1.81 bits per heavy atom. The van der Waals surface area contributed by atoms with Gasteiger partial charge < -0.3 is 10.1 Å². The zero-order valence-corrected chi connectivity index (χ0v) is 17.8. The molecule has 0 aliphatic carbocycles. The topological polar surface area (TPSA) is 81.4 Å². The minimum Gasteiger partial charge on any atom is -0.491 e. The van der Waals surface area contributed by atoms with Crippen molar-refractivity contribution in [3.05, 3.63) is 58.4 Å². The van der Waals surface area contributed by atoms with Gasteiger partial charge in [-0.25, -0.2) is 8.78 Å². The van der Waals surface area contributed by atoms with Crippen LogP contribution in [0.5, 0.6) is 5.75 Å². The maximum absolute atomic E-state index is 14.3. The number of nitrogens with one attached hydrogen (secondary N) is 1. The Morgan fingerprint density at radius 3 is 2.44 bits per heavy atom. The largest absolute Gasteiger partial charge is 0.491 e. The molecular formula is C20H15F4N5O2S. The number of hydrogen-bond acceptors (Lipinski definition) is 6. The fourth-order valence-electron chi connectivity index (χ4n) is 3.06. The molecule has 2 aromatic carbocycles. The van der Waals surface area contributed by atoms with Gasteiger partial charge in [0.2, 0.25) is 16.6 Å². The van der Waals surface area contributed by atoms with Crippen molar-refractivity contribution in [2.75, 3.05) is 12.4 Å². The summed E-state index contributed by atoms with van der Waals surface area (Å²) in [5.41, 5.74) is -0.0623. The molecule has 0 saturated heterocycles. The summed E-state index contributed by atoms with van der Waals surface area (Å²) in [7, 11) is 0.852. The molecule has 0 atom stereocenters. The van der Waals surface area contributed by atoms with Crippen molar-refractivity contribution < 1.29 is 27.1 Å². The molecule has 4 aromatic rings. The van der Waals surface area contributed by atoms with Crippen molar-refractivity contribution in [2.24, 2.45) is 0 Å². The van der Waals surface area contributed by atoms with Gasteiger partial charge in [0.1, 0.15) is 10.6 Å². The quantitative estimate of drug-likeness (QED) is 0.346. The molecule has 0 unspecified atom stereocenters. The van der Waals surface area contributed by atoms with Crippen LogP contribution >= 0.6 is 11.3 Å². The molecular weight excluding hydrogens is 450 g/mol. The van der Waals surface area contributed by atoms with Crippen LogP contribution < -0.4 is 10.1 Å². The van der Waals surface area contributed by atoms with Gasteiger partial charge >= 0.3 is 0 Å². The van der Waals surface area contributed by atoms with E-state index >= 15 is 0 Å². The van der Waals surface area contributed by atoms with E-state index in [1.165, 1.54) is 17.4 Å². The van der Waals surface area contributed by atoms with E-state index in [1.807, 2.05) is 6.92 Å². The average Bonchev–Trinajstić information content (AvgIpc) is 3.35. The van der Waals surface area contributed by atoms with E-state index in [0.29, 0.717) is 33.3 Å². The number of amides is 1. The number of carbonyl (C=O) groups excluding carboxylic acids is 1. The summed E-state index contributed by atoms with van der Waals surface area (Å²) in [5.74, 6) is -9.23. The third kappa shape index (κ3) is 3.45. The number of aryl methyl sites for hydroxylation is 2. The molecule has 32 heavy (non-hydrogen) atoms. The molecule has 7 nitrogen and oxygen atoms in total. The molecule has 0 aliphatic rings. The van der Waals surface area contributed by atoms with Gasteiger partial charge in [-0.1, -0.05) is 30.4 Å². The first-order valence-corrected chi connectivity index (χ1v) is 10.1. The van der Waals surface area contributed by atoms with Crippen molar-refractivity contribution in [3.63, 3.8) is 0 Å². The lowest BCUT2D eigenvalue weighted by atomic mass is 10.1. The SMILES string of the molecule is CCc1nnc2sc(-c3ccc(C)c(NC(=O)c4c(F)c(F)c(OC)c(F)c4F)c3)nn12. The van der Waals surface area contributed by atoms with Gasteiger partial charge in [0.05, 0.1) is 7.11 Å². The van der Waals surface area contributed by atoms with E-state index < -0.39 is 40.5 Å². The summed E-state index contributed by atoms with van der Waals surface area (Å²) >= 11 is 1.26. The number of halogens is 4. The summed E-state index contributed by atoms with van der Waals surface area (Å²) in [6.45, 7) is 3.56. The monoisotopic (exact) mass is 465 g/mol. The van der Waals surface area contributed by atoms with Crippen molar-refractivity contribution in [1.29, 1.82) is 0 Å². The lowest BCUT2D eigenvalue weighted by Crippen LogP contribution is -2.19. The minimum atomic E-state index is -1.85. The summed E-state index contributed by atoms with van der Waals surface area (Å²) in [5, 5.41) is 15.4. The molecule has 166 valence electrons. The lowest BCUT2D eigenvalue weighted by Gasteiger charge is -2.13. The van der Waals surface area contributed by atoms with Gasteiger partial charge in [-0.2, -0.15) is 18.4 Å². The molecule has 0 spiro atoms. The van der Waals surface area contributed by atoms with Crippen molar-refractivity contribution >= 4 is 27.9 Å². The van der Waals surface area contributed by atoms with Crippen LogP contribution in [0, 0.1) is 30.2 Å². The zero-order chi connectivity index (χ0) is 23.2. The van der Waals surface area contributed by atoms with Crippen LogP contribution in [0.4, 0.5) is 23.2 Å². The van der Waals surface area contributed by atoms with Gasteiger partial charge in [-0.3, -0.25) is 4.79 Å². The highest BCUT2D eigenvalue weighted by molar-refractivity contribution is 7.19. The Hall–Kier alpha value is -3.54. The fraction of sp³-hybridized carbons (Fsp3) is 0.200. The molecule has 2 aromatic heterocycles. The highest BCUT2D eigenvalue weighted by Crippen LogP contribution is 2.32. The highest BCUT2D eigenvalue weighted by Gasteiger charge is 2.30. The zero-order valence-electron chi connectivity index (χ0n) is 17.0. The highest BCUT2D eigenvalue weighted by atomic mass is 32.1. The number of benzene rings is 2. The minimum absolute atomic E-state index is 0.185. The first-order valence-electron chi connectivity index (χ1n) is 9.30. The third-order valence-corrected chi connectivity index (χ3v) is 5.71. The molecule has 1 N–H and O–H groups in total. The van der Waals surface area contributed by atoms with Gasteiger partial charge in [-0.05, 0) is 18.6 Å². The Morgan fingerprint density at radius 1 is 1.12 bits per heavy atom. The van der Waals surface area contributed by atoms with Crippen LogP contribution in [-0.2, 0) is 6.42 Å². The van der Waals surface area contributed by atoms with E-state index in [2.05, 4.69) is 25.3 Å². The standard InChI is InChI=1S/C20H15F4N5O2S/c1-4-11-26-27-20-29(11)28-19(32-20)9-6-5-8(2)10(7-9)25-18(30)12-13(21)15(23)17(31-3)16(24)14(12)22/h5-7H,4H2,1-3H3,(H,25,30). The molecule has 1 amide bonds. The van der Waals surface area contributed by atoms with Gasteiger partial charge in [-0.15, -0.1) is 10.2 Å². The number of nitrogens with zero attached hydrogens (tertiary/aromatic N) is 4. The Labute approximate surface area is 182 Å². The lowest BCUT2D eigenvalue weighted by molar-refractivity contribution is 0.101. The normalized spacial score (nSPS) is 11.2. The van der Waals surface area contributed by atoms with Crippen molar-refractivity contribution in [1.82, 2.24) is 19.8 Å². The number of carbonyl (C=O) groups is 1. The molecule has 2 heterocycles. The average molecular weight is 465 g/mol. The summed E-state index contributed by atoms with van der Waals surface area (Å²) in [6, 6.07) is 4.95. The van der Waals surface area contributed by atoms with Gasteiger partial charge in [0.25, 0.3) is 5.91 Å². The second kappa shape index (κ2) is 8.19. The number of methoxy groups -OCH3 is 1. The number of rotatable bonds is 5. The van der Waals surface area contributed by atoms with Crippen LogP contribution in [0.2, 0.25) is 0 Å². The second-order valence-electron chi connectivity index (χ2n) is 6.72. The van der Waals surface area contributed by atoms with Gasteiger partial charge in [0, 0.05) is 17.7 Å². The summed E-state index contributed by atoms with van der Waals surface area (Å²) in [6.07, 6.45) is 0.631. The van der Waals surface area contributed by atoms with E-state index in [4.69, 9.17) is 0 Å². The second-order valence-corrected chi connectivity index (χ2v) is 7.68. The van der Waals surface area contributed by atoms with E-state index in [-0.39, 0.29) is 5.69 Å². The number of ether oxygens (including phenoxy) is 1. The molecule has 12 heteroatoms. The first-order chi connectivity index (χ1) is 15.3. The number of aromatic nitrogens is 4. The van der Waals surface area contributed by atoms with Crippen molar-refractivity contribution in [2.45, 2.75) is 20.3 Å². The number of anilines is 1.